The summed E-state index contributed by atoms with van der Waals surface area (Å²) in [5, 5.41) is 2.88. The highest BCUT2D eigenvalue weighted by Gasteiger charge is 2.22. The van der Waals surface area contributed by atoms with Gasteiger partial charge in [-0.15, -0.1) is 0 Å². The fraction of sp³-hybridized carbons (Fsp3) is 0.353. The quantitative estimate of drug-likeness (QED) is 0.640. The van der Waals surface area contributed by atoms with Crippen LogP contribution in [0.25, 0.3) is 5.57 Å². The van der Waals surface area contributed by atoms with Gasteiger partial charge in [0, 0.05) is 17.6 Å². The summed E-state index contributed by atoms with van der Waals surface area (Å²) in [6, 6.07) is 1.72. The third-order valence-corrected chi connectivity index (χ3v) is 4.67. The third kappa shape index (κ3) is 4.69. The molecule has 1 aliphatic heterocycles. The number of nitrogens with one attached hydrogen (secondary N) is 1. The second-order valence-electron chi connectivity index (χ2n) is 5.11. The van der Waals surface area contributed by atoms with E-state index >= 15 is 0 Å². The molecule has 1 aromatic rings. The van der Waals surface area contributed by atoms with Gasteiger partial charge in [-0.05, 0) is 30.4 Å². The summed E-state index contributed by atoms with van der Waals surface area (Å²) in [6.45, 7) is 7.53. The first-order valence-corrected chi connectivity index (χ1v) is 8.58. The van der Waals surface area contributed by atoms with Crippen molar-refractivity contribution in [3.63, 3.8) is 0 Å². The van der Waals surface area contributed by atoms with Gasteiger partial charge in [0.15, 0.2) is 0 Å². The molecule has 2 rings (SSSR count). The maximum Gasteiger partial charge on any atom is 0.228 e. The summed E-state index contributed by atoms with van der Waals surface area (Å²) in [5.41, 5.74) is 1.33. The number of carbonyl (C=O) groups is 1. The number of methoxy groups -OCH3 is 1. The highest BCUT2D eigenvalue weighted by atomic mass is 32.2. The zero-order valence-corrected chi connectivity index (χ0v) is 14.1. The number of ether oxygens (including phenoxy) is 1. The standard InChI is InChI=1S/C17H21N3O2S/c1-4-5-14(12(2)22-3)15-10-16(19-11-18-15)20-17(21)13-6-8-23-9-7-13/h4-5,10-11,13H,1-2,6-9H2,3H3,(H,18,19,20,21)/b14-5+. The van der Waals surface area contributed by atoms with Crippen LogP contribution in [0.5, 0.6) is 0 Å². The first kappa shape index (κ1) is 17.3. The third-order valence-electron chi connectivity index (χ3n) is 3.62. The Morgan fingerprint density at radius 3 is 2.83 bits per heavy atom. The molecule has 0 radical (unpaired) electrons. The minimum atomic E-state index is 0.0229. The van der Waals surface area contributed by atoms with Gasteiger partial charge >= 0.3 is 0 Å². The smallest absolute Gasteiger partial charge is 0.228 e. The number of carbonyl (C=O) groups excluding carboxylic acids is 1. The highest BCUT2D eigenvalue weighted by Crippen LogP contribution is 2.25. The minimum Gasteiger partial charge on any atom is -0.497 e. The van der Waals surface area contributed by atoms with Gasteiger partial charge in [0.1, 0.15) is 17.9 Å². The number of anilines is 1. The second kappa shape index (κ2) is 8.53. The van der Waals surface area contributed by atoms with Crippen molar-refractivity contribution in [2.24, 2.45) is 5.92 Å². The molecule has 1 saturated heterocycles. The van der Waals surface area contributed by atoms with E-state index in [-0.39, 0.29) is 11.8 Å². The molecule has 0 bridgehead atoms. The van der Waals surface area contributed by atoms with Gasteiger partial charge in [0.05, 0.1) is 12.8 Å². The molecule has 1 aliphatic rings. The van der Waals surface area contributed by atoms with Crippen LogP contribution in [0.1, 0.15) is 18.5 Å². The van der Waals surface area contributed by atoms with Gasteiger partial charge in [0.25, 0.3) is 0 Å². The Labute approximate surface area is 140 Å². The summed E-state index contributed by atoms with van der Waals surface area (Å²) in [6.07, 6.45) is 6.65. The SMILES string of the molecule is C=C/C=C(\C(=C)OC)c1cc(NC(=O)C2CCSCC2)ncn1. The number of amides is 1. The molecule has 0 atom stereocenters. The van der Waals surface area contributed by atoms with E-state index in [0.717, 1.165) is 24.3 Å². The molecule has 0 spiro atoms. The maximum absolute atomic E-state index is 12.3. The Bertz CT molecular complexity index is 622. The molecule has 1 N–H and O–H groups in total. The molecule has 0 aliphatic carbocycles. The average molecular weight is 331 g/mol. The number of allylic oxidation sites excluding steroid dienone is 3. The molecule has 1 amide bonds. The molecule has 5 nitrogen and oxygen atoms in total. The van der Waals surface area contributed by atoms with Crippen LogP contribution in [0.2, 0.25) is 0 Å². The van der Waals surface area contributed by atoms with Crippen LogP contribution in [0, 0.1) is 5.92 Å². The van der Waals surface area contributed by atoms with Crippen molar-refractivity contribution in [1.29, 1.82) is 0 Å². The maximum atomic E-state index is 12.3. The number of hydrogen-bond donors (Lipinski definition) is 1. The van der Waals surface area contributed by atoms with E-state index in [2.05, 4.69) is 28.4 Å². The Morgan fingerprint density at radius 2 is 2.17 bits per heavy atom. The van der Waals surface area contributed by atoms with Gasteiger partial charge in [-0.2, -0.15) is 11.8 Å². The molecule has 23 heavy (non-hydrogen) atoms. The zero-order chi connectivity index (χ0) is 16.7. The van der Waals surface area contributed by atoms with Crippen molar-refractivity contribution in [1.82, 2.24) is 9.97 Å². The van der Waals surface area contributed by atoms with Crippen LogP contribution in [0.15, 0.2) is 43.5 Å². The molecule has 1 aromatic heterocycles. The van der Waals surface area contributed by atoms with Crippen LogP contribution >= 0.6 is 11.8 Å². The van der Waals surface area contributed by atoms with Crippen molar-refractivity contribution in [2.75, 3.05) is 23.9 Å². The Kier molecular flexibility index (Phi) is 6.40. The first-order valence-electron chi connectivity index (χ1n) is 7.42. The summed E-state index contributed by atoms with van der Waals surface area (Å²) < 4.78 is 5.17. The van der Waals surface area contributed by atoms with Gasteiger partial charge in [-0.25, -0.2) is 9.97 Å². The number of nitrogens with zero attached hydrogens (tertiary/aromatic N) is 2. The lowest BCUT2D eigenvalue weighted by Crippen LogP contribution is -2.26. The summed E-state index contributed by atoms with van der Waals surface area (Å²) in [5.74, 6) is 3.11. The van der Waals surface area contributed by atoms with Crippen molar-refractivity contribution >= 4 is 29.1 Å². The zero-order valence-electron chi connectivity index (χ0n) is 13.2. The van der Waals surface area contributed by atoms with Crippen LogP contribution in [0.4, 0.5) is 5.82 Å². The minimum absolute atomic E-state index is 0.0229. The predicted octanol–water partition coefficient (Wildman–Crippen LogP) is 3.29. The van der Waals surface area contributed by atoms with Crippen molar-refractivity contribution < 1.29 is 9.53 Å². The molecular weight excluding hydrogens is 310 g/mol. The number of thioether (sulfide) groups is 1. The van der Waals surface area contributed by atoms with Crippen molar-refractivity contribution in [3.05, 3.63) is 49.2 Å². The predicted molar refractivity (Wildman–Crippen MR) is 95.0 cm³/mol. The first-order chi connectivity index (χ1) is 11.2. The topological polar surface area (TPSA) is 64.1 Å². The molecule has 0 unspecified atom stereocenters. The lowest BCUT2D eigenvalue weighted by atomic mass is 10.0. The van der Waals surface area contributed by atoms with Gasteiger partial charge in [-0.3, -0.25) is 4.79 Å². The van der Waals surface area contributed by atoms with E-state index < -0.39 is 0 Å². The van der Waals surface area contributed by atoms with E-state index in [9.17, 15) is 4.79 Å². The van der Waals surface area contributed by atoms with Crippen LogP contribution in [-0.4, -0.2) is 34.5 Å². The lowest BCUT2D eigenvalue weighted by molar-refractivity contribution is -0.120. The number of rotatable bonds is 6. The molecule has 122 valence electrons. The van der Waals surface area contributed by atoms with Gasteiger partial charge in [-0.1, -0.05) is 19.2 Å². The normalized spacial score (nSPS) is 15.8. The van der Waals surface area contributed by atoms with Crippen LogP contribution in [0.3, 0.4) is 0 Å². The summed E-state index contributed by atoms with van der Waals surface area (Å²) in [4.78, 5) is 20.7. The lowest BCUT2D eigenvalue weighted by Gasteiger charge is -2.20. The fourth-order valence-electron chi connectivity index (χ4n) is 2.31. The van der Waals surface area contributed by atoms with Gasteiger partial charge in [0.2, 0.25) is 5.91 Å². The van der Waals surface area contributed by atoms with E-state index in [4.69, 9.17) is 4.74 Å². The van der Waals surface area contributed by atoms with Crippen LogP contribution < -0.4 is 5.32 Å². The Balaban J connectivity index is 2.15. The fourth-order valence-corrected chi connectivity index (χ4v) is 3.42. The molecule has 0 saturated carbocycles. The van der Waals surface area contributed by atoms with E-state index in [1.165, 1.54) is 6.33 Å². The molecular formula is C17H21N3O2S. The monoisotopic (exact) mass is 331 g/mol. The molecule has 0 aromatic carbocycles. The van der Waals surface area contributed by atoms with Crippen molar-refractivity contribution in [2.45, 2.75) is 12.8 Å². The van der Waals surface area contributed by atoms with Gasteiger partial charge < -0.3 is 10.1 Å². The summed E-state index contributed by atoms with van der Waals surface area (Å²) >= 11 is 1.89. The Morgan fingerprint density at radius 1 is 1.43 bits per heavy atom. The second-order valence-corrected chi connectivity index (χ2v) is 6.33. The van der Waals surface area contributed by atoms with E-state index in [1.807, 2.05) is 11.8 Å². The van der Waals surface area contributed by atoms with E-state index in [0.29, 0.717) is 22.8 Å². The average Bonchev–Trinajstić information content (AvgIpc) is 2.60. The highest BCUT2D eigenvalue weighted by molar-refractivity contribution is 7.99. The molecule has 6 heteroatoms. The number of aromatic nitrogens is 2. The molecule has 1 fully saturated rings. The Hall–Kier alpha value is -2.08. The molecule has 2 heterocycles. The number of hydrogen-bond acceptors (Lipinski definition) is 5. The van der Waals surface area contributed by atoms with Crippen molar-refractivity contribution in [3.8, 4) is 0 Å². The largest absolute Gasteiger partial charge is 0.497 e. The van der Waals surface area contributed by atoms with Crippen LogP contribution in [-0.2, 0) is 9.53 Å². The van der Waals surface area contributed by atoms with E-state index in [1.54, 1.807) is 25.3 Å². The summed E-state index contributed by atoms with van der Waals surface area (Å²) in [7, 11) is 1.55.